The molecule has 0 aliphatic carbocycles. The van der Waals surface area contributed by atoms with E-state index in [0.29, 0.717) is 22.4 Å². The molecule has 1 aliphatic rings. The Bertz CT molecular complexity index is 1040. The maximum absolute atomic E-state index is 12.2. The van der Waals surface area contributed by atoms with Gasteiger partial charge in [-0.2, -0.15) is 10.1 Å². The Kier molecular flexibility index (Phi) is 4.94. The highest BCUT2D eigenvalue weighted by Crippen LogP contribution is 2.34. The van der Waals surface area contributed by atoms with Crippen LogP contribution in [0.2, 0.25) is 5.02 Å². The monoisotopic (exact) mass is 397 g/mol. The zero-order valence-corrected chi connectivity index (χ0v) is 15.4. The molecule has 28 heavy (non-hydrogen) atoms. The topological polar surface area (TPSA) is 98.1 Å². The summed E-state index contributed by atoms with van der Waals surface area (Å²) < 4.78 is 7.38. The van der Waals surface area contributed by atoms with Crippen LogP contribution in [0.5, 0.6) is 5.75 Å². The molecule has 2 heterocycles. The molecule has 1 aromatic heterocycles. The van der Waals surface area contributed by atoms with Gasteiger partial charge in [0, 0.05) is 16.3 Å². The fraction of sp³-hybridized carbons (Fsp3) is 0.158. The molecule has 3 aromatic rings. The van der Waals surface area contributed by atoms with Gasteiger partial charge in [0.05, 0.1) is 12.5 Å². The molecular weight excluding hydrogens is 382 g/mol. The van der Waals surface area contributed by atoms with Crippen LogP contribution in [0.4, 0.5) is 11.6 Å². The lowest BCUT2D eigenvalue weighted by molar-refractivity contribution is -0.118. The van der Waals surface area contributed by atoms with Gasteiger partial charge in [0.2, 0.25) is 11.9 Å². The van der Waals surface area contributed by atoms with E-state index >= 15 is 0 Å². The lowest BCUT2D eigenvalue weighted by atomic mass is 10.0. The predicted octanol–water partition coefficient (Wildman–Crippen LogP) is 2.88. The third-order valence-corrected chi connectivity index (χ3v) is 4.48. The Balaban J connectivity index is 1.50. The van der Waals surface area contributed by atoms with Crippen LogP contribution >= 0.6 is 11.6 Å². The molecule has 0 bridgehead atoms. The first-order valence-electron chi connectivity index (χ1n) is 8.56. The van der Waals surface area contributed by atoms with Crippen LogP contribution in [0.1, 0.15) is 18.0 Å². The summed E-state index contributed by atoms with van der Waals surface area (Å²) in [5.41, 5.74) is 1.34. The standard InChI is InChI=1S/C19H16ClN5O3/c20-12-4-3-5-13(8-12)23-18(27)10-28-16-7-2-1-6-14(16)15-9-17(26)24-19-21-11-22-25(15)19/h1-8,11,15H,9-10H2,(H,23,27)(H,21,22,24,26)/t15-/m1/s1. The van der Waals surface area contributed by atoms with Crippen molar-refractivity contribution in [2.75, 3.05) is 17.2 Å². The average molecular weight is 398 g/mol. The smallest absolute Gasteiger partial charge is 0.262 e. The Morgan fingerprint density at radius 1 is 1.29 bits per heavy atom. The van der Waals surface area contributed by atoms with Gasteiger partial charge in [-0.1, -0.05) is 35.9 Å². The van der Waals surface area contributed by atoms with Crippen molar-refractivity contribution in [1.29, 1.82) is 0 Å². The summed E-state index contributed by atoms with van der Waals surface area (Å²) >= 11 is 5.92. The van der Waals surface area contributed by atoms with Crippen LogP contribution in [0, 0.1) is 0 Å². The van der Waals surface area contributed by atoms with E-state index in [4.69, 9.17) is 16.3 Å². The van der Waals surface area contributed by atoms with E-state index in [0.717, 1.165) is 5.56 Å². The molecule has 8 nitrogen and oxygen atoms in total. The quantitative estimate of drug-likeness (QED) is 0.689. The number of anilines is 2. The van der Waals surface area contributed by atoms with Gasteiger partial charge < -0.3 is 10.1 Å². The first kappa shape index (κ1) is 18.0. The van der Waals surface area contributed by atoms with Crippen molar-refractivity contribution in [3.63, 3.8) is 0 Å². The molecule has 0 spiro atoms. The minimum absolute atomic E-state index is 0.154. The molecule has 0 fully saturated rings. The average Bonchev–Trinajstić information content (AvgIpc) is 3.14. The van der Waals surface area contributed by atoms with Crippen molar-refractivity contribution in [2.45, 2.75) is 12.5 Å². The van der Waals surface area contributed by atoms with E-state index in [1.54, 1.807) is 41.1 Å². The van der Waals surface area contributed by atoms with Crippen LogP contribution in [-0.4, -0.2) is 33.2 Å². The molecule has 1 aliphatic heterocycles. The minimum atomic E-state index is -0.363. The number of amides is 2. The highest BCUT2D eigenvalue weighted by atomic mass is 35.5. The Hall–Kier alpha value is -3.39. The second kappa shape index (κ2) is 7.69. The number of carbonyl (C=O) groups is 2. The zero-order valence-electron chi connectivity index (χ0n) is 14.6. The van der Waals surface area contributed by atoms with Gasteiger partial charge in [0.25, 0.3) is 5.91 Å². The summed E-state index contributed by atoms with van der Waals surface area (Å²) in [6.07, 6.45) is 1.58. The minimum Gasteiger partial charge on any atom is -0.483 e. The lowest BCUT2D eigenvalue weighted by Gasteiger charge is -2.25. The van der Waals surface area contributed by atoms with Crippen LogP contribution < -0.4 is 15.4 Å². The van der Waals surface area contributed by atoms with Crippen molar-refractivity contribution in [2.24, 2.45) is 0 Å². The summed E-state index contributed by atoms with van der Waals surface area (Å²) in [5.74, 6) is 0.415. The summed E-state index contributed by atoms with van der Waals surface area (Å²) in [5, 5.41) is 10.1. The Morgan fingerprint density at radius 2 is 2.14 bits per heavy atom. The third kappa shape index (κ3) is 3.81. The lowest BCUT2D eigenvalue weighted by Crippen LogP contribution is -2.29. The number of nitrogens with zero attached hydrogens (tertiary/aromatic N) is 3. The van der Waals surface area contributed by atoms with Crippen molar-refractivity contribution >= 4 is 35.1 Å². The Morgan fingerprint density at radius 3 is 3.00 bits per heavy atom. The largest absolute Gasteiger partial charge is 0.483 e. The number of fused-ring (bicyclic) bond motifs is 1. The van der Waals surface area contributed by atoms with Crippen molar-refractivity contribution in [3.8, 4) is 5.75 Å². The predicted molar refractivity (Wildman–Crippen MR) is 103 cm³/mol. The molecule has 2 amide bonds. The van der Waals surface area contributed by atoms with Gasteiger partial charge in [-0.3, -0.25) is 14.9 Å². The van der Waals surface area contributed by atoms with Gasteiger partial charge in [0.1, 0.15) is 12.1 Å². The van der Waals surface area contributed by atoms with Crippen molar-refractivity contribution in [3.05, 3.63) is 65.4 Å². The molecule has 0 saturated heterocycles. The van der Waals surface area contributed by atoms with E-state index in [9.17, 15) is 9.59 Å². The van der Waals surface area contributed by atoms with Gasteiger partial charge >= 0.3 is 0 Å². The normalized spacial score (nSPS) is 15.5. The van der Waals surface area contributed by atoms with Crippen LogP contribution in [0.3, 0.4) is 0 Å². The number of halogens is 1. The number of hydrogen-bond donors (Lipinski definition) is 2. The first-order valence-corrected chi connectivity index (χ1v) is 8.94. The maximum atomic E-state index is 12.2. The summed E-state index contributed by atoms with van der Waals surface area (Å²) in [4.78, 5) is 28.3. The number of carbonyl (C=O) groups excluding carboxylic acids is 2. The molecule has 0 saturated carbocycles. The molecule has 2 aromatic carbocycles. The Labute approximate surface area is 165 Å². The highest BCUT2D eigenvalue weighted by molar-refractivity contribution is 6.30. The SMILES string of the molecule is O=C(COc1ccccc1[C@H]1CC(=O)Nc2ncnn21)Nc1cccc(Cl)c1. The summed E-state index contributed by atoms with van der Waals surface area (Å²) in [7, 11) is 0. The molecule has 142 valence electrons. The number of aromatic nitrogens is 3. The summed E-state index contributed by atoms with van der Waals surface area (Å²) in [6, 6.07) is 13.8. The molecule has 4 rings (SSSR count). The third-order valence-electron chi connectivity index (χ3n) is 4.24. The van der Waals surface area contributed by atoms with E-state index in [1.807, 2.05) is 12.1 Å². The van der Waals surface area contributed by atoms with Gasteiger partial charge in [-0.25, -0.2) is 4.68 Å². The second-order valence-corrected chi connectivity index (χ2v) is 6.62. The van der Waals surface area contributed by atoms with Gasteiger partial charge in [0.15, 0.2) is 6.61 Å². The fourth-order valence-corrected chi connectivity index (χ4v) is 3.23. The summed E-state index contributed by atoms with van der Waals surface area (Å²) in [6.45, 7) is -0.188. The first-order chi connectivity index (χ1) is 13.6. The highest BCUT2D eigenvalue weighted by Gasteiger charge is 2.29. The van der Waals surface area contributed by atoms with E-state index < -0.39 is 0 Å². The van der Waals surface area contributed by atoms with Crippen molar-refractivity contribution in [1.82, 2.24) is 14.8 Å². The maximum Gasteiger partial charge on any atom is 0.262 e. The number of para-hydroxylation sites is 1. The van der Waals surface area contributed by atoms with E-state index in [-0.39, 0.29) is 30.9 Å². The van der Waals surface area contributed by atoms with Gasteiger partial charge in [-0.05, 0) is 24.3 Å². The molecule has 1 atom stereocenters. The number of rotatable bonds is 5. The van der Waals surface area contributed by atoms with E-state index in [1.165, 1.54) is 6.33 Å². The number of ether oxygens (including phenoxy) is 1. The van der Waals surface area contributed by atoms with Crippen molar-refractivity contribution < 1.29 is 14.3 Å². The fourth-order valence-electron chi connectivity index (χ4n) is 3.04. The van der Waals surface area contributed by atoms with E-state index in [2.05, 4.69) is 20.7 Å². The zero-order chi connectivity index (χ0) is 19.5. The molecule has 0 unspecified atom stereocenters. The molecule has 0 radical (unpaired) electrons. The number of benzene rings is 2. The van der Waals surface area contributed by atoms with Gasteiger partial charge in [-0.15, -0.1) is 0 Å². The van der Waals surface area contributed by atoms with Crippen LogP contribution in [0.25, 0.3) is 0 Å². The van der Waals surface area contributed by atoms with Crippen LogP contribution in [-0.2, 0) is 9.59 Å². The second-order valence-electron chi connectivity index (χ2n) is 6.18. The number of hydrogen-bond acceptors (Lipinski definition) is 5. The molecule has 2 N–H and O–H groups in total. The number of nitrogens with one attached hydrogen (secondary N) is 2. The molecular formula is C19H16ClN5O3. The molecule has 9 heteroatoms. The van der Waals surface area contributed by atoms with Crippen LogP contribution in [0.15, 0.2) is 54.9 Å².